The first kappa shape index (κ1) is 14.4. The molecule has 0 spiro atoms. The summed E-state index contributed by atoms with van der Waals surface area (Å²) in [6.45, 7) is 11.7. The molecular formula is C13H22BrN3. The van der Waals surface area contributed by atoms with Crippen LogP contribution in [0.1, 0.15) is 46.9 Å². The van der Waals surface area contributed by atoms with Gasteiger partial charge in [0.15, 0.2) is 0 Å². The van der Waals surface area contributed by atoms with E-state index in [1.54, 1.807) is 0 Å². The molecule has 3 nitrogen and oxygen atoms in total. The van der Waals surface area contributed by atoms with E-state index in [4.69, 9.17) is 0 Å². The Kier molecular flexibility index (Phi) is 4.92. The summed E-state index contributed by atoms with van der Waals surface area (Å²) in [5, 5.41) is 3.37. The summed E-state index contributed by atoms with van der Waals surface area (Å²) in [7, 11) is 0. The number of rotatable bonds is 4. The van der Waals surface area contributed by atoms with E-state index >= 15 is 0 Å². The molecule has 1 N–H and O–H groups in total. The van der Waals surface area contributed by atoms with Gasteiger partial charge in [0.2, 0.25) is 0 Å². The quantitative estimate of drug-likeness (QED) is 0.854. The molecule has 1 heterocycles. The summed E-state index contributed by atoms with van der Waals surface area (Å²) in [5.74, 6) is 2.41. The molecule has 1 aromatic heterocycles. The average Bonchev–Trinajstić information content (AvgIpc) is 2.24. The highest BCUT2D eigenvalue weighted by molar-refractivity contribution is 9.10. The minimum Gasteiger partial charge on any atom is -0.370 e. The molecule has 96 valence electrons. The van der Waals surface area contributed by atoms with E-state index < -0.39 is 0 Å². The van der Waals surface area contributed by atoms with E-state index in [9.17, 15) is 0 Å². The first-order chi connectivity index (χ1) is 7.82. The fraction of sp³-hybridized carbons (Fsp3) is 0.692. The van der Waals surface area contributed by atoms with Crippen LogP contribution in [0, 0.1) is 5.92 Å². The fourth-order valence-corrected chi connectivity index (χ4v) is 1.65. The molecule has 17 heavy (non-hydrogen) atoms. The Morgan fingerprint density at radius 1 is 1.35 bits per heavy atom. The van der Waals surface area contributed by atoms with Crippen molar-refractivity contribution in [2.45, 2.75) is 46.5 Å². The Labute approximate surface area is 113 Å². The van der Waals surface area contributed by atoms with E-state index in [-0.39, 0.29) is 5.41 Å². The number of halogens is 1. The lowest BCUT2D eigenvalue weighted by Crippen LogP contribution is -2.18. The topological polar surface area (TPSA) is 37.8 Å². The zero-order valence-corrected chi connectivity index (χ0v) is 12.9. The van der Waals surface area contributed by atoms with Gasteiger partial charge >= 0.3 is 0 Å². The van der Waals surface area contributed by atoms with Crippen LogP contribution in [0.5, 0.6) is 0 Å². The molecule has 0 amide bonds. The van der Waals surface area contributed by atoms with Crippen LogP contribution in [0.2, 0.25) is 0 Å². The lowest BCUT2D eigenvalue weighted by molar-refractivity contribution is 0.542. The summed E-state index contributed by atoms with van der Waals surface area (Å²) in [4.78, 5) is 8.98. The number of aromatic nitrogens is 2. The van der Waals surface area contributed by atoms with Crippen LogP contribution in [0.15, 0.2) is 10.7 Å². The smallest absolute Gasteiger partial charge is 0.137 e. The van der Waals surface area contributed by atoms with Crippen LogP contribution in [-0.2, 0) is 5.41 Å². The summed E-state index contributed by atoms with van der Waals surface area (Å²) in [6, 6.07) is 1.93. The summed E-state index contributed by atoms with van der Waals surface area (Å²) in [5.41, 5.74) is -0.0312. The van der Waals surface area contributed by atoms with Gasteiger partial charge < -0.3 is 5.32 Å². The van der Waals surface area contributed by atoms with Gasteiger partial charge in [0, 0.05) is 18.0 Å². The maximum atomic E-state index is 4.56. The predicted octanol–water partition coefficient (Wildman–Crippen LogP) is 3.99. The van der Waals surface area contributed by atoms with Crippen LogP contribution in [0.25, 0.3) is 0 Å². The van der Waals surface area contributed by atoms with E-state index in [1.807, 2.05) is 6.07 Å². The maximum absolute atomic E-state index is 4.56. The zero-order chi connectivity index (χ0) is 13.1. The number of hydrogen-bond acceptors (Lipinski definition) is 3. The molecule has 1 aromatic rings. The third-order valence-electron chi connectivity index (χ3n) is 2.69. The fourth-order valence-electron chi connectivity index (χ4n) is 1.27. The van der Waals surface area contributed by atoms with Crippen LogP contribution in [-0.4, -0.2) is 16.5 Å². The van der Waals surface area contributed by atoms with Crippen molar-refractivity contribution in [1.82, 2.24) is 9.97 Å². The van der Waals surface area contributed by atoms with Gasteiger partial charge in [-0.1, -0.05) is 41.0 Å². The first-order valence-corrected chi connectivity index (χ1v) is 6.91. The van der Waals surface area contributed by atoms with Crippen molar-refractivity contribution in [1.29, 1.82) is 0 Å². The molecule has 0 saturated heterocycles. The zero-order valence-electron chi connectivity index (χ0n) is 11.3. The molecular weight excluding hydrogens is 278 g/mol. The van der Waals surface area contributed by atoms with Gasteiger partial charge in [0.25, 0.3) is 0 Å². The molecule has 0 aliphatic heterocycles. The molecule has 0 bridgehead atoms. The molecule has 1 rings (SSSR count). The first-order valence-electron chi connectivity index (χ1n) is 6.12. The monoisotopic (exact) mass is 299 g/mol. The largest absolute Gasteiger partial charge is 0.370 e. The Hall–Kier alpha value is -0.640. The van der Waals surface area contributed by atoms with Crippen LogP contribution in [0.4, 0.5) is 5.82 Å². The second-order valence-electron chi connectivity index (χ2n) is 5.54. The molecule has 0 aromatic carbocycles. The Morgan fingerprint density at radius 3 is 2.53 bits per heavy atom. The summed E-state index contributed by atoms with van der Waals surface area (Å²) < 4.78 is 0.837. The molecule has 4 heteroatoms. The number of nitrogens with one attached hydrogen (secondary N) is 1. The Morgan fingerprint density at radius 2 is 2.00 bits per heavy atom. The third-order valence-corrected chi connectivity index (χ3v) is 3.10. The molecule has 0 radical (unpaired) electrons. The van der Waals surface area contributed by atoms with E-state index in [2.05, 4.69) is 65.8 Å². The third kappa shape index (κ3) is 4.62. The van der Waals surface area contributed by atoms with Gasteiger partial charge in [-0.25, -0.2) is 9.97 Å². The highest BCUT2D eigenvalue weighted by Gasteiger charge is 2.18. The Bertz CT molecular complexity index is 371. The van der Waals surface area contributed by atoms with Crippen molar-refractivity contribution in [2.24, 2.45) is 5.92 Å². The minimum atomic E-state index is -0.0312. The van der Waals surface area contributed by atoms with Gasteiger partial charge in [-0.05, 0) is 21.8 Å². The van der Waals surface area contributed by atoms with Crippen LogP contribution in [0.3, 0.4) is 0 Å². The second kappa shape index (κ2) is 5.80. The molecule has 0 aliphatic carbocycles. The highest BCUT2D eigenvalue weighted by Crippen LogP contribution is 2.22. The van der Waals surface area contributed by atoms with Crippen molar-refractivity contribution >= 4 is 21.7 Å². The number of nitrogens with zero attached hydrogens (tertiary/aromatic N) is 2. The average molecular weight is 300 g/mol. The summed E-state index contributed by atoms with van der Waals surface area (Å²) in [6.07, 6.45) is 1.17. The van der Waals surface area contributed by atoms with E-state index in [1.165, 1.54) is 6.42 Å². The van der Waals surface area contributed by atoms with Crippen LogP contribution < -0.4 is 5.32 Å². The number of anilines is 1. The van der Waals surface area contributed by atoms with Gasteiger partial charge in [0.05, 0.1) is 0 Å². The normalized spacial score (nSPS) is 13.5. The van der Waals surface area contributed by atoms with Crippen molar-refractivity contribution in [3.63, 3.8) is 0 Å². The summed E-state index contributed by atoms with van der Waals surface area (Å²) >= 11 is 3.44. The molecule has 0 aliphatic rings. The predicted molar refractivity (Wildman–Crippen MR) is 76.4 cm³/mol. The van der Waals surface area contributed by atoms with Gasteiger partial charge in [-0.2, -0.15) is 0 Å². The second-order valence-corrected chi connectivity index (χ2v) is 6.36. The molecule has 1 atom stereocenters. The van der Waals surface area contributed by atoms with Gasteiger partial charge in [0.1, 0.15) is 16.2 Å². The lowest BCUT2D eigenvalue weighted by atomic mass is 9.96. The van der Waals surface area contributed by atoms with Gasteiger partial charge in [-0.15, -0.1) is 0 Å². The standard InChI is InChI=1S/C13H22BrN3/c1-6-9(2)8-15-11-7-10(14)16-12(17-11)13(3,4)5/h7,9H,6,8H2,1-5H3,(H,15,16,17). The van der Waals surface area contributed by atoms with Gasteiger partial charge in [-0.3, -0.25) is 0 Å². The molecule has 1 unspecified atom stereocenters. The van der Waals surface area contributed by atoms with Crippen LogP contribution >= 0.6 is 15.9 Å². The van der Waals surface area contributed by atoms with Crippen molar-refractivity contribution < 1.29 is 0 Å². The molecule has 0 saturated carbocycles. The van der Waals surface area contributed by atoms with Crippen molar-refractivity contribution in [3.8, 4) is 0 Å². The minimum absolute atomic E-state index is 0.0312. The SMILES string of the molecule is CCC(C)CNc1cc(Br)nc(C(C)(C)C)n1. The number of hydrogen-bond donors (Lipinski definition) is 1. The molecule has 0 fully saturated rings. The lowest BCUT2D eigenvalue weighted by Gasteiger charge is -2.18. The van der Waals surface area contributed by atoms with Crippen molar-refractivity contribution in [2.75, 3.05) is 11.9 Å². The van der Waals surface area contributed by atoms with E-state index in [0.29, 0.717) is 5.92 Å². The highest BCUT2D eigenvalue weighted by atomic mass is 79.9. The Balaban J connectivity index is 2.83. The van der Waals surface area contributed by atoms with E-state index in [0.717, 1.165) is 22.8 Å². The van der Waals surface area contributed by atoms with Crippen molar-refractivity contribution in [3.05, 3.63) is 16.5 Å². The maximum Gasteiger partial charge on any atom is 0.137 e.